The van der Waals surface area contributed by atoms with Gasteiger partial charge >= 0.3 is 0 Å². The van der Waals surface area contributed by atoms with Gasteiger partial charge in [-0.3, -0.25) is 4.98 Å². The number of nitrogens with zero attached hydrogens (tertiary/aromatic N) is 1. The van der Waals surface area contributed by atoms with Crippen molar-refractivity contribution in [3.05, 3.63) is 65.2 Å². The van der Waals surface area contributed by atoms with Crippen molar-refractivity contribution >= 4 is 0 Å². The van der Waals surface area contributed by atoms with E-state index in [4.69, 9.17) is 0 Å². The Morgan fingerprint density at radius 2 is 1.79 bits per heavy atom. The zero-order chi connectivity index (χ0) is 13.7. The second kappa shape index (κ2) is 6.33. The molecule has 0 fully saturated rings. The lowest BCUT2D eigenvalue weighted by Gasteiger charge is -2.06. The van der Waals surface area contributed by atoms with Gasteiger partial charge in [-0.25, -0.2) is 13.2 Å². The van der Waals surface area contributed by atoms with Crippen LogP contribution in [0.5, 0.6) is 0 Å². The van der Waals surface area contributed by atoms with Crippen LogP contribution in [0.25, 0.3) is 0 Å². The van der Waals surface area contributed by atoms with Crippen molar-refractivity contribution in [1.29, 1.82) is 0 Å². The van der Waals surface area contributed by atoms with Crippen LogP contribution in [-0.2, 0) is 13.0 Å². The lowest BCUT2D eigenvalue weighted by atomic mass is 10.2. The van der Waals surface area contributed by atoms with Gasteiger partial charge in [0, 0.05) is 43.0 Å². The third-order valence-corrected chi connectivity index (χ3v) is 2.69. The molecule has 0 bridgehead atoms. The van der Waals surface area contributed by atoms with Gasteiger partial charge in [0.2, 0.25) is 0 Å². The molecule has 1 aromatic heterocycles. The highest BCUT2D eigenvalue weighted by atomic mass is 19.2. The Morgan fingerprint density at radius 3 is 2.53 bits per heavy atom. The molecule has 2 aromatic rings. The quantitative estimate of drug-likeness (QED) is 0.665. The number of pyridine rings is 1. The molecule has 0 amide bonds. The van der Waals surface area contributed by atoms with E-state index in [1.165, 1.54) is 0 Å². The summed E-state index contributed by atoms with van der Waals surface area (Å²) in [6.07, 6.45) is 2.39. The maximum absolute atomic E-state index is 13.3. The van der Waals surface area contributed by atoms with Gasteiger partial charge in [-0.15, -0.1) is 0 Å². The minimum Gasteiger partial charge on any atom is -0.312 e. The van der Waals surface area contributed by atoms with E-state index in [0.717, 1.165) is 11.8 Å². The highest BCUT2D eigenvalue weighted by Gasteiger charge is 2.09. The van der Waals surface area contributed by atoms with Crippen LogP contribution >= 0.6 is 0 Å². The van der Waals surface area contributed by atoms with Gasteiger partial charge in [-0.05, 0) is 18.2 Å². The fraction of sp³-hybridized carbons (Fsp3) is 0.214. The lowest BCUT2D eigenvalue weighted by molar-refractivity contribution is 0.487. The zero-order valence-electron chi connectivity index (χ0n) is 10.2. The first kappa shape index (κ1) is 13.5. The number of rotatable bonds is 5. The third kappa shape index (κ3) is 3.79. The van der Waals surface area contributed by atoms with Gasteiger partial charge in [-0.2, -0.15) is 0 Å². The topological polar surface area (TPSA) is 24.9 Å². The smallest absolute Gasteiger partial charge is 0.161 e. The molecule has 0 radical (unpaired) electrons. The average Bonchev–Trinajstić information content (AvgIpc) is 2.41. The highest BCUT2D eigenvalue weighted by molar-refractivity contribution is 5.19. The van der Waals surface area contributed by atoms with Crippen molar-refractivity contribution in [3.63, 3.8) is 0 Å². The van der Waals surface area contributed by atoms with E-state index in [-0.39, 0.29) is 12.1 Å². The second-order valence-corrected chi connectivity index (χ2v) is 4.11. The first-order valence-electron chi connectivity index (χ1n) is 5.91. The fourth-order valence-corrected chi connectivity index (χ4v) is 1.68. The van der Waals surface area contributed by atoms with Crippen molar-refractivity contribution < 1.29 is 13.2 Å². The van der Waals surface area contributed by atoms with Crippen molar-refractivity contribution in [2.24, 2.45) is 0 Å². The average molecular weight is 266 g/mol. The van der Waals surface area contributed by atoms with Crippen LogP contribution in [0.1, 0.15) is 11.3 Å². The SMILES string of the molecule is Fc1cc(F)c(CNCCc2ccccn2)cc1F. The predicted octanol–water partition coefficient (Wildman–Crippen LogP) is 2.83. The maximum Gasteiger partial charge on any atom is 0.161 e. The first-order valence-corrected chi connectivity index (χ1v) is 5.91. The molecule has 100 valence electrons. The third-order valence-electron chi connectivity index (χ3n) is 2.69. The zero-order valence-corrected chi connectivity index (χ0v) is 10.2. The molecule has 5 heteroatoms. The van der Waals surface area contributed by atoms with E-state index in [9.17, 15) is 13.2 Å². The largest absolute Gasteiger partial charge is 0.312 e. The molecule has 0 aliphatic rings. The highest BCUT2D eigenvalue weighted by Crippen LogP contribution is 2.13. The molecular weight excluding hydrogens is 253 g/mol. The van der Waals surface area contributed by atoms with Crippen LogP contribution in [-0.4, -0.2) is 11.5 Å². The Labute approximate surface area is 109 Å². The molecule has 2 nitrogen and oxygen atoms in total. The standard InChI is InChI=1S/C14H13F3N2/c15-12-8-14(17)13(16)7-10(12)9-18-6-4-11-3-1-2-5-19-11/h1-3,5,7-8,18H,4,6,9H2. The van der Waals surface area contributed by atoms with E-state index in [1.807, 2.05) is 18.2 Å². The summed E-state index contributed by atoms with van der Waals surface area (Å²) in [4.78, 5) is 4.14. The van der Waals surface area contributed by atoms with E-state index >= 15 is 0 Å². The molecule has 2 rings (SSSR count). The van der Waals surface area contributed by atoms with E-state index in [1.54, 1.807) is 6.20 Å². The van der Waals surface area contributed by atoms with Crippen LogP contribution in [0.3, 0.4) is 0 Å². The summed E-state index contributed by atoms with van der Waals surface area (Å²) in [5.41, 5.74) is 1.03. The number of halogens is 3. The molecule has 1 aromatic carbocycles. The number of hydrogen-bond donors (Lipinski definition) is 1. The molecule has 0 atom stereocenters. The van der Waals surface area contributed by atoms with E-state index in [0.29, 0.717) is 19.0 Å². The molecule has 0 aliphatic heterocycles. The summed E-state index contributed by atoms with van der Waals surface area (Å²) in [6, 6.07) is 7.04. The van der Waals surface area contributed by atoms with Gasteiger partial charge < -0.3 is 5.32 Å². The number of aromatic nitrogens is 1. The van der Waals surface area contributed by atoms with Crippen molar-refractivity contribution in [2.45, 2.75) is 13.0 Å². The summed E-state index contributed by atoms with van der Waals surface area (Å²) < 4.78 is 39.0. The summed E-state index contributed by atoms with van der Waals surface area (Å²) in [5.74, 6) is -2.96. The fourth-order valence-electron chi connectivity index (χ4n) is 1.68. The number of hydrogen-bond acceptors (Lipinski definition) is 2. The van der Waals surface area contributed by atoms with Gasteiger partial charge in [0.25, 0.3) is 0 Å². The Kier molecular flexibility index (Phi) is 4.52. The van der Waals surface area contributed by atoms with Crippen LogP contribution in [0.2, 0.25) is 0 Å². The molecule has 1 heterocycles. The van der Waals surface area contributed by atoms with Crippen molar-refractivity contribution in [2.75, 3.05) is 6.54 Å². The molecule has 0 unspecified atom stereocenters. The summed E-state index contributed by atoms with van der Waals surface area (Å²) in [6.45, 7) is 0.727. The van der Waals surface area contributed by atoms with Crippen LogP contribution in [0, 0.1) is 17.5 Å². The number of nitrogens with one attached hydrogen (secondary N) is 1. The summed E-state index contributed by atoms with van der Waals surface area (Å²) >= 11 is 0. The molecule has 1 N–H and O–H groups in total. The van der Waals surface area contributed by atoms with Crippen LogP contribution in [0.15, 0.2) is 36.5 Å². The maximum atomic E-state index is 13.3. The summed E-state index contributed by atoms with van der Waals surface area (Å²) in [7, 11) is 0. The molecule has 0 aliphatic carbocycles. The van der Waals surface area contributed by atoms with Gasteiger partial charge in [0.1, 0.15) is 5.82 Å². The molecule has 0 saturated carbocycles. The molecule has 0 saturated heterocycles. The summed E-state index contributed by atoms with van der Waals surface area (Å²) in [5, 5.41) is 2.97. The van der Waals surface area contributed by atoms with Gasteiger partial charge in [0.15, 0.2) is 11.6 Å². The molecule has 19 heavy (non-hydrogen) atoms. The Balaban J connectivity index is 1.85. The molecular formula is C14H13F3N2. The Morgan fingerprint density at radius 1 is 1.00 bits per heavy atom. The minimum atomic E-state index is -1.17. The van der Waals surface area contributed by atoms with Crippen molar-refractivity contribution in [3.8, 4) is 0 Å². The monoisotopic (exact) mass is 266 g/mol. The van der Waals surface area contributed by atoms with Crippen molar-refractivity contribution in [1.82, 2.24) is 10.3 Å². The molecule has 0 spiro atoms. The Bertz CT molecular complexity index is 544. The van der Waals surface area contributed by atoms with Gasteiger partial charge in [-0.1, -0.05) is 6.07 Å². The first-order chi connectivity index (χ1) is 9.16. The van der Waals surface area contributed by atoms with Crippen LogP contribution < -0.4 is 5.32 Å². The second-order valence-electron chi connectivity index (χ2n) is 4.11. The predicted molar refractivity (Wildman–Crippen MR) is 66.0 cm³/mol. The normalized spacial score (nSPS) is 10.7. The Hall–Kier alpha value is -1.88. The lowest BCUT2D eigenvalue weighted by Crippen LogP contribution is -2.18. The van der Waals surface area contributed by atoms with E-state index < -0.39 is 17.5 Å². The van der Waals surface area contributed by atoms with Gasteiger partial charge in [0.05, 0.1) is 0 Å². The van der Waals surface area contributed by atoms with Crippen LogP contribution in [0.4, 0.5) is 13.2 Å². The number of benzene rings is 1. The van der Waals surface area contributed by atoms with E-state index in [2.05, 4.69) is 10.3 Å². The minimum absolute atomic E-state index is 0.111.